The van der Waals surface area contributed by atoms with Crippen LogP contribution in [0.1, 0.15) is 37.2 Å². The van der Waals surface area contributed by atoms with Crippen LogP contribution in [0.25, 0.3) is 23.1 Å². The van der Waals surface area contributed by atoms with Crippen LogP contribution < -0.4 is 11.1 Å². The summed E-state index contributed by atoms with van der Waals surface area (Å²) < 4.78 is 0. The molecule has 1 aliphatic carbocycles. The molecule has 1 aliphatic rings. The van der Waals surface area contributed by atoms with Gasteiger partial charge in [-0.2, -0.15) is 0 Å². The fourth-order valence-electron chi connectivity index (χ4n) is 3.39. The molecule has 2 aromatic heterocycles. The lowest BCUT2D eigenvalue weighted by molar-refractivity contribution is 0.410. The summed E-state index contributed by atoms with van der Waals surface area (Å²) in [4.78, 5) is 13.7. The summed E-state index contributed by atoms with van der Waals surface area (Å²) in [6, 6.07) is 12.2. The second kappa shape index (κ2) is 12.3. The summed E-state index contributed by atoms with van der Waals surface area (Å²) in [5.41, 5.74) is 7.77. The van der Waals surface area contributed by atoms with Crippen LogP contribution in [0.4, 0.5) is 5.82 Å². The predicted molar refractivity (Wildman–Crippen MR) is 133 cm³/mol. The highest BCUT2D eigenvalue weighted by Crippen LogP contribution is 2.27. The highest BCUT2D eigenvalue weighted by Gasteiger charge is 2.20. The third-order valence-corrected chi connectivity index (χ3v) is 5.11. The molecule has 3 N–H and O–H groups in total. The van der Waals surface area contributed by atoms with E-state index in [9.17, 15) is 0 Å². The number of anilines is 1. The normalized spacial score (nSPS) is 18.2. The molecule has 0 unspecified atom stereocenters. The molecular weight excluding hydrogens is 464 g/mol. The Labute approximate surface area is 200 Å². The Hall–Kier alpha value is -1.63. The first-order valence-electron chi connectivity index (χ1n) is 9.26. The van der Waals surface area contributed by atoms with Gasteiger partial charge >= 0.3 is 0 Å². The molecule has 0 radical (unpaired) electrons. The fraction of sp³-hybridized carbons (Fsp3) is 0.286. The number of halogens is 4. The maximum absolute atomic E-state index is 6.21. The molecular formula is C21H25Cl4N5. The van der Waals surface area contributed by atoms with Crippen molar-refractivity contribution < 1.29 is 0 Å². The minimum absolute atomic E-state index is 0. The third kappa shape index (κ3) is 6.69. The number of hydrogen-bond donors (Lipinski definition) is 2. The van der Waals surface area contributed by atoms with Crippen molar-refractivity contribution in [3.8, 4) is 0 Å². The molecule has 1 saturated carbocycles. The van der Waals surface area contributed by atoms with Crippen LogP contribution in [0.15, 0.2) is 42.6 Å². The molecule has 0 atom stereocenters. The molecule has 5 nitrogen and oxygen atoms in total. The quantitative estimate of drug-likeness (QED) is 0.485. The highest BCUT2D eigenvalue weighted by atomic mass is 35.5. The number of pyridine rings is 1. The van der Waals surface area contributed by atoms with Crippen molar-refractivity contribution in [3.63, 3.8) is 0 Å². The molecule has 2 heterocycles. The van der Waals surface area contributed by atoms with Gasteiger partial charge in [0.05, 0.1) is 11.2 Å². The molecule has 0 aliphatic heterocycles. The number of nitrogens with one attached hydrogen (secondary N) is 1. The van der Waals surface area contributed by atoms with Crippen LogP contribution in [0.2, 0.25) is 5.02 Å². The van der Waals surface area contributed by atoms with E-state index in [-0.39, 0.29) is 37.2 Å². The van der Waals surface area contributed by atoms with E-state index in [2.05, 4.69) is 15.3 Å². The monoisotopic (exact) mass is 487 g/mol. The van der Waals surface area contributed by atoms with Gasteiger partial charge in [0.25, 0.3) is 0 Å². The van der Waals surface area contributed by atoms with Crippen LogP contribution >= 0.6 is 48.8 Å². The van der Waals surface area contributed by atoms with E-state index < -0.39 is 0 Å². The minimum Gasteiger partial charge on any atom is -0.367 e. The van der Waals surface area contributed by atoms with Crippen LogP contribution in [-0.4, -0.2) is 27.0 Å². The first kappa shape index (κ1) is 26.4. The molecule has 0 amide bonds. The van der Waals surface area contributed by atoms with Gasteiger partial charge in [0.1, 0.15) is 5.82 Å². The van der Waals surface area contributed by atoms with Crippen molar-refractivity contribution in [3.05, 3.63) is 59.1 Å². The van der Waals surface area contributed by atoms with Gasteiger partial charge < -0.3 is 11.1 Å². The van der Waals surface area contributed by atoms with Crippen molar-refractivity contribution in [1.29, 1.82) is 0 Å². The Morgan fingerprint density at radius 2 is 1.73 bits per heavy atom. The van der Waals surface area contributed by atoms with Gasteiger partial charge in [0.15, 0.2) is 5.82 Å². The smallest absolute Gasteiger partial charge is 0.155 e. The van der Waals surface area contributed by atoms with Gasteiger partial charge in [-0.15, -0.1) is 37.2 Å². The molecule has 0 spiro atoms. The standard InChI is InChI=1S/C21H22ClN5.3ClH/c22-14-4-10-19-18(13-14)21(25-17-7-5-15(23)6-8-17)27-20(26-19)11-9-16-3-1-2-12-24-16;;;/h1-4,9-13,15,17H,5-8,23H2,(H,25,26,27);3*1H/b11-9-;;;. The van der Waals surface area contributed by atoms with Gasteiger partial charge in [-0.1, -0.05) is 17.7 Å². The molecule has 162 valence electrons. The lowest BCUT2D eigenvalue weighted by atomic mass is 9.92. The number of nitrogens with two attached hydrogens (primary N) is 1. The third-order valence-electron chi connectivity index (χ3n) is 4.88. The number of benzene rings is 1. The second-order valence-corrected chi connectivity index (χ2v) is 7.37. The fourth-order valence-corrected chi connectivity index (χ4v) is 3.57. The van der Waals surface area contributed by atoms with E-state index in [0.29, 0.717) is 22.9 Å². The van der Waals surface area contributed by atoms with Gasteiger partial charge in [0.2, 0.25) is 0 Å². The lowest BCUT2D eigenvalue weighted by Gasteiger charge is -2.27. The molecule has 1 fully saturated rings. The van der Waals surface area contributed by atoms with Crippen molar-refractivity contribution >= 4 is 77.7 Å². The Balaban J connectivity index is 0.00000150. The zero-order valence-corrected chi connectivity index (χ0v) is 19.4. The number of hydrogen-bond acceptors (Lipinski definition) is 5. The molecule has 9 heteroatoms. The van der Waals surface area contributed by atoms with E-state index >= 15 is 0 Å². The van der Waals surface area contributed by atoms with E-state index in [4.69, 9.17) is 22.3 Å². The second-order valence-electron chi connectivity index (χ2n) is 6.94. The topological polar surface area (TPSA) is 76.7 Å². The van der Waals surface area contributed by atoms with Crippen LogP contribution in [-0.2, 0) is 0 Å². The Bertz CT molecular complexity index is 960. The number of aromatic nitrogens is 3. The maximum Gasteiger partial charge on any atom is 0.155 e. The van der Waals surface area contributed by atoms with Crippen molar-refractivity contribution in [1.82, 2.24) is 15.0 Å². The number of nitrogens with zero attached hydrogens (tertiary/aromatic N) is 3. The van der Waals surface area contributed by atoms with Crippen LogP contribution in [0.5, 0.6) is 0 Å². The lowest BCUT2D eigenvalue weighted by Crippen LogP contribution is -2.33. The largest absolute Gasteiger partial charge is 0.367 e. The highest BCUT2D eigenvalue weighted by molar-refractivity contribution is 6.31. The van der Waals surface area contributed by atoms with E-state index in [1.54, 1.807) is 6.20 Å². The van der Waals surface area contributed by atoms with Crippen molar-refractivity contribution in [2.45, 2.75) is 37.8 Å². The van der Waals surface area contributed by atoms with Crippen LogP contribution in [0, 0.1) is 0 Å². The molecule has 0 bridgehead atoms. The Kier molecular flexibility index (Phi) is 10.8. The average Bonchev–Trinajstić information content (AvgIpc) is 2.69. The van der Waals surface area contributed by atoms with E-state index in [1.807, 2.05) is 48.6 Å². The SMILES string of the molecule is Cl.Cl.Cl.NC1CCC(Nc2nc(/C=C\c3ccccn3)nc3ccc(Cl)cc23)CC1. The first-order valence-corrected chi connectivity index (χ1v) is 9.64. The number of fused-ring (bicyclic) bond motifs is 1. The van der Waals surface area contributed by atoms with E-state index in [1.165, 1.54) is 0 Å². The molecule has 30 heavy (non-hydrogen) atoms. The predicted octanol–water partition coefficient (Wildman–Crippen LogP) is 5.80. The zero-order valence-electron chi connectivity index (χ0n) is 16.2. The molecule has 4 rings (SSSR count). The summed E-state index contributed by atoms with van der Waals surface area (Å²) in [6.07, 6.45) is 9.74. The average molecular weight is 489 g/mol. The molecule has 0 saturated heterocycles. The van der Waals surface area contributed by atoms with Gasteiger partial charge in [-0.3, -0.25) is 4.98 Å². The van der Waals surface area contributed by atoms with Crippen molar-refractivity contribution in [2.75, 3.05) is 5.32 Å². The maximum atomic E-state index is 6.21. The summed E-state index contributed by atoms with van der Waals surface area (Å²) >= 11 is 6.21. The van der Waals surface area contributed by atoms with Gasteiger partial charge in [-0.25, -0.2) is 9.97 Å². The van der Waals surface area contributed by atoms with Crippen LogP contribution in [0.3, 0.4) is 0 Å². The number of rotatable bonds is 4. The summed E-state index contributed by atoms with van der Waals surface area (Å²) in [5, 5.41) is 5.21. The van der Waals surface area contributed by atoms with Crippen molar-refractivity contribution in [2.24, 2.45) is 5.73 Å². The Morgan fingerprint density at radius 3 is 2.43 bits per heavy atom. The van der Waals surface area contributed by atoms with Gasteiger partial charge in [-0.05, 0) is 68.2 Å². The Morgan fingerprint density at radius 1 is 0.967 bits per heavy atom. The molecule has 3 aromatic rings. The van der Waals surface area contributed by atoms with E-state index in [0.717, 1.165) is 48.1 Å². The summed E-state index contributed by atoms with van der Waals surface area (Å²) in [5.74, 6) is 1.47. The first-order chi connectivity index (χ1) is 13.2. The summed E-state index contributed by atoms with van der Waals surface area (Å²) in [7, 11) is 0. The minimum atomic E-state index is 0. The van der Waals surface area contributed by atoms with Gasteiger partial charge in [0, 0.05) is 28.7 Å². The molecule has 1 aromatic carbocycles. The zero-order chi connectivity index (χ0) is 18.6. The summed E-state index contributed by atoms with van der Waals surface area (Å²) in [6.45, 7) is 0.